The minimum Gasteiger partial charge on any atom is -0.465 e. The third-order valence-corrected chi connectivity index (χ3v) is 3.51. The molecule has 2 radical (unpaired) electrons. The lowest BCUT2D eigenvalue weighted by Crippen LogP contribution is -2.40. The summed E-state index contributed by atoms with van der Waals surface area (Å²) in [5.74, 6) is -0.620. The normalized spacial score (nSPS) is 25.9. The number of esters is 1. The average molecular weight is 232 g/mol. The second kappa shape index (κ2) is 4.98. The van der Waals surface area contributed by atoms with Crippen LogP contribution < -0.4 is 0 Å². The molecule has 1 saturated heterocycles. The number of ether oxygens (including phenoxy) is 1. The molecule has 7 heteroatoms. The molecule has 1 aliphatic heterocycles. The summed E-state index contributed by atoms with van der Waals surface area (Å²) in [4.78, 5) is 11.5. The lowest BCUT2D eigenvalue weighted by molar-refractivity contribution is -0.146. The van der Waals surface area contributed by atoms with E-state index in [0.717, 1.165) is 10.6 Å². The molecule has 0 bridgehead atoms. The van der Waals surface area contributed by atoms with E-state index in [0.29, 0.717) is 19.4 Å². The summed E-state index contributed by atoms with van der Waals surface area (Å²) in [6.07, 6.45) is 1.17. The third kappa shape index (κ3) is 3.20. The Morgan fingerprint density at radius 1 is 1.73 bits per heavy atom. The van der Waals surface area contributed by atoms with Gasteiger partial charge in [0.15, 0.2) is 0 Å². The second-order valence-electron chi connectivity index (χ2n) is 3.40. The summed E-state index contributed by atoms with van der Waals surface area (Å²) in [7, 11) is 1.74. The van der Waals surface area contributed by atoms with Gasteiger partial charge in [0.25, 0.3) is 0 Å². The van der Waals surface area contributed by atoms with E-state index in [1.807, 2.05) is 0 Å². The zero-order chi connectivity index (χ0) is 12.3. The molecular formula is C8H14BNO4S. The van der Waals surface area contributed by atoms with E-state index in [1.165, 1.54) is 0 Å². The van der Waals surface area contributed by atoms with Gasteiger partial charge in [-0.25, -0.2) is 8.42 Å². The Hall–Kier alpha value is -0.555. The van der Waals surface area contributed by atoms with E-state index < -0.39 is 28.3 Å². The Morgan fingerprint density at radius 2 is 2.40 bits per heavy atom. The van der Waals surface area contributed by atoms with Crippen molar-refractivity contribution >= 4 is 23.8 Å². The van der Waals surface area contributed by atoms with Gasteiger partial charge in [-0.2, -0.15) is 4.31 Å². The van der Waals surface area contributed by atoms with Gasteiger partial charge < -0.3 is 4.74 Å². The summed E-state index contributed by atoms with van der Waals surface area (Å²) in [5, 5.41) is 0. The van der Waals surface area contributed by atoms with E-state index in [9.17, 15) is 13.2 Å². The topological polar surface area (TPSA) is 63.7 Å². The summed E-state index contributed by atoms with van der Waals surface area (Å²) in [6, 6.07) is -0.756. The molecule has 2 atom stereocenters. The van der Waals surface area contributed by atoms with Crippen molar-refractivity contribution in [2.75, 3.05) is 19.4 Å². The number of sulfonamides is 1. The van der Waals surface area contributed by atoms with Gasteiger partial charge >= 0.3 is 5.97 Å². The van der Waals surface area contributed by atoms with Gasteiger partial charge in [0.2, 0.25) is 10.0 Å². The first kappa shape index (κ1) is 10.9. The first-order valence-corrected chi connectivity index (χ1v) is 6.48. The lowest BCUT2D eigenvalue weighted by atomic mass is 10.1. The summed E-state index contributed by atoms with van der Waals surface area (Å²) in [6.45, 7) is 0.123. The summed E-state index contributed by atoms with van der Waals surface area (Å²) < 4.78 is 35.6. The number of hydrogen-bond acceptors (Lipinski definition) is 4. The number of nitrogens with zero attached hydrogens (tertiary/aromatic N) is 1. The molecule has 1 rings (SSSR count). The van der Waals surface area contributed by atoms with Gasteiger partial charge in [-0.15, -0.1) is 0 Å². The molecule has 0 N–H and O–H groups in total. The van der Waals surface area contributed by atoms with Crippen LogP contribution in [0.15, 0.2) is 0 Å². The van der Waals surface area contributed by atoms with Crippen LogP contribution in [0.5, 0.6) is 0 Å². The van der Waals surface area contributed by atoms with Gasteiger partial charge in [-0.3, -0.25) is 4.79 Å². The zero-order valence-electron chi connectivity index (χ0n) is 9.55. The quantitative estimate of drug-likeness (QED) is 0.486. The van der Waals surface area contributed by atoms with Crippen molar-refractivity contribution in [2.24, 2.45) is 0 Å². The fourth-order valence-electron chi connectivity index (χ4n) is 1.60. The molecule has 1 heterocycles. The van der Waals surface area contributed by atoms with Gasteiger partial charge in [0, 0.05) is 7.92 Å². The van der Waals surface area contributed by atoms with Crippen LogP contribution in [0.1, 0.15) is 14.2 Å². The molecular weight excluding hydrogens is 217 g/mol. The molecule has 1 aliphatic rings. The molecule has 0 aromatic carbocycles. The lowest BCUT2D eigenvalue weighted by Gasteiger charge is -2.20. The van der Waals surface area contributed by atoms with Gasteiger partial charge in [-0.05, 0) is 12.8 Å². The Kier molecular flexibility index (Phi) is 3.64. The summed E-state index contributed by atoms with van der Waals surface area (Å²) in [5.41, 5.74) is 0. The Morgan fingerprint density at radius 3 is 2.93 bits per heavy atom. The molecule has 0 spiro atoms. The monoisotopic (exact) mass is 232 g/mol. The van der Waals surface area contributed by atoms with Crippen LogP contribution in [-0.2, 0) is 19.6 Å². The molecule has 0 saturated carbocycles. The van der Waals surface area contributed by atoms with Crippen LogP contribution in [0.25, 0.3) is 0 Å². The van der Waals surface area contributed by atoms with Crippen molar-refractivity contribution in [3.05, 3.63) is 0 Å². The highest BCUT2D eigenvalue weighted by atomic mass is 32.2. The highest BCUT2D eigenvalue weighted by Crippen LogP contribution is 2.21. The molecule has 0 amide bonds. The highest BCUT2D eigenvalue weighted by Gasteiger charge is 2.37. The van der Waals surface area contributed by atoms with Gasteiger partial charge in [0.1, 0.15) is 6.04 Å². The predicted octanol–water partition coefficient (Wildman–Crippen LogP) is -0.460. The van der Waals surface area contributed by atoms with E-state index in [-0.39, 0.29) is 6.61 Å². The molecule has 0 aliphatic carbocycles. The number of rotatable bonds is 4. The Labute approximate surface area is 92.6 Å². The molecule has 5 nitrogen and oxygen atoms in total. The minimum absolute atomic E-state index is 0.215. The van der Waals surface area contributed by atoms with Gasteiger partial charge in [0.05, 0.1) is 20.7 Å². The standard InChI is InChI=1S/C8H14BNO4S/c1-15(12,13)10-5-2-3-7(10)8(11)14-6-4-9/h7H,2-6H2,1H3/i4D. The first-order valence-electron chi connectivity index (χ1n) is 5.21. The minimum atomic E-state index is -3.38. The fraction of sp³-hybridized carbons (Fsp3) is 0.875. The molecule has 15 heavy (non-hydrogen) atoms. The maximum absolute atomic E-state index is 11.5. The van der Waals surface area contributed by atoms with Crippen molar-refractivity contribution < 1.29 is 19.3 Å². The average Bonchev–Trinajstić information content (AvgIpc) is 2.61. The smallest absolute Gasteiger partial charge is 0.324 e. The largest absolute Gasteiger partial charge is 0.465 e. The highest BCUT2D eigenvalue weighted by molar-refractivity contribution is 7.88. The second-order valence-corrected chi connectivity index (χ2v) is 5.33. The van der Waals surface area contributed by atoms with Crippen LogP contribution in [0.2, 0.25) is 6.30 Å². The molecule has 0 aromatic rings. The Bertz CT molecular complexity index is 359. The maximum Gasteiger partial charge on any atom is 0.324 e. The molecule has 2 unspecified atom stereocenters. The number of hydrogen-bond donors (Lipinski definition) is 0. The Balaban J connectivity index is 2.62. The maximum atomic E-state index is 11.5. The van der Waals surface area contributed by atoms with Crippen molar-refractivity contribution in [3.8, 4) is 0 Å². The van der Waals surface area contributed by atoms with Crippen LogP contribution in [0.4, 0.5) is 0 Å². The number of carbonyl (C=O) groups excluding carboxylic acids is 1. The first-order chi connectivity index (χ1) is 7.32. The van der Waals surface area contributed by atoms with E-state index in [4.69, 9.17) is 14.0 Å². The van der Waals surface area contributed by atoms with Crippen LogP contribution in [-0.4, -0.2) is 52.0 Å². The van der Waals surface area contributed by atoms with Crippen molar-refractivity contribution in [1.82, 2.24) is 4.31 Å². The predicted molar refractivity (Wildman–Crippen MR) is 56.1 cm³/mol. The molecule has 84 valence electrons. The van der Waals surface area contributed by atoms with Crippen LogP contribution >= 0.6 is 0 Å². The molecule has 1 fully saturated rings. The summed E-state index contributed by atoms with van der Waals surface area (Å²) >= 11 is 0. The van der Waals surface area contributed by atoms with E-state index >= 15 is 0 Å². The van der Waals surface area contributed by atoms with E-state index in [2.05, 4.69) is 0 Å². The fourth-order valence-corrected chi connectivity index (χ4v) is 2.71. The van der Waals surface area contributed by atoms with E-state index in [1.54, 1.807) is 0 Å². The SMILES string of the molecule is [2H]C([B])COC(=O)C1CCCN1S(C)(=O)=O. The van der Waals surface area contributed by atoms with Crippen molar-refractivity contribution in [1.29, 1.82) is 0 Å². The van der Waals surface area contributed by atoms with Gasteiger partial charge in [-0.1, -0.05) is 6.30 Å². The van der Waals surface area contributed by atoms with Crippen molar-refractivity contribution in [3.63, 3.8) is 0 Å². The third-order valence-electron chi connectivity index (χ3n) is 2.22. The number of carbonyl (C=O) groups is 1. The zero-order valence-corrected chi connectivity index (χ0v) is 9.37. The van der Waals surface area contributed by atoms with Crippen molar-refractivity contribution in [2.45, 2.75) is 25.2 Å². The van der Waals surface area contributed by atoms with Crippen LogP contribution in [0.3, 0.4) is 0 Å². The molecule has 0 aromatic heterocycles. The van der Waals surface area contributed by atoms with Crippen LogP contribution in [0, 0.1) is 0 Å².